The van der Waals surface area contributed by atoms with Crippen LogP contribution in [0.15, 0.2) is 84.0 Å². The van der Waals surface area contributed by atoms with E-state index in [4.69, 9.17) is 14.9 Å². The number of amidine groups is 1. The highest BCUT2D eigenvalue weighted by atomic mass is 16.5. The monoisotopic (exact) mass is 470 g/mol. The summed E-state index contributed by atoms with van der Waals surface area (Å²) in [6.07, 6.45) is 5.13. The average Bonchev–Trinajstić information content (AvgIpc) is 3.41. The van der Waals surface area contributed by atoms with Gasteiger partial charge in [0.2, 0.25) is 0 Å². The third-order valence-corrected chi connectivity index (χ3v) is 6.89. The second kappa shape index (κ2) is 9.43. The van der Waals surface area contributed by atoms with Crippen molar-refractivity contribution in [3.8, 4) is 0 Å². The molecule has 0 amide bonds. The maximum Gasteiger partial charge on any atom is 0.145 e. The first-order valence-electron chi connectivity index (χ1n) is 11.8. The van der Waals surface area contributed by atoms with Gasteiger partial charge in [-0.3, -0.25) is 5.41 Å². The lowest BCUT2D eigenvalue weighted by molar-refractivity contribution is 0.0790. The summed E-state index contributed by atoms with van der Waals surface area (Å²) in [5, 5.41) is 20.6. The van der Waals surface area contributed by atoms with E-state index in [1.165, 1.54) is 5.56 Å². The number of nitrogens with zero attached hydrogens (tertiary/aromatic N) is 2. The minimum Gasteiger partial charge on any atom is -0.509 e. The second-order valence-corrected chi connectivity index (χ2v) is 8.95. The van der Waals surface area contributed by atoms with Crippen molar-refractivity contribution in [2.24, 2.45) is 5.92 Å². The molecule has 3 atom stereocenters. The van der Waals surface area contributed by atoms with E-state index in [0.717, 1.165) is 28.9 Å². The molecule has 0 saturated carbocycles. The summed E-state index contributed by atoms with van der Waals surface area (Å²) in [6.45, 7) is 2.05. The number of allylic oxidation sites excluding steroid dienone is 1. The lowest BCUT2D eigenvalue weighted by Gasteiger charge is -2.33. The number of para-hydroxylation sites is 2. The first kappa shape index (κ1) is 22.9. The van der Waals surface area contributed by atoms with Crippen molar-refractivity contribution in [3.05, 3.63) is 95.4 Å². The average molecular weight is 471 g/mol. The molecule has 0 saturated heterocycles. The molecule has 0 fully saturated rings. The van der Waals surface area contributed by atoms with E-state index in [2.05, 4.69) is 29.0 Å². The molecule has 7 nitrogen and oxygen atoms in total. The molecule has 1 aliphatic carbocycles. The van der Waals surface area contributed by atoms with E-state index in [1.807, 2.05) is 59.5 Å². The van der Waals surface area contributed by atoms with Crippen LogP contribution in [0.1, 0.15) is 24.7 Å². The Hall–Kier alpha value is -3.84. The number of hydrogen-bond acceptors (Lipinski definition) is 5. The number of aromatic nitrogens is 2. The molecule has 35 heavy (non-hydrogen) atoms. The zero-order chi connectivity index (χ0) is 24.5. The normalized spacial score (nSPS) is 22.5. The quantitative estimate of drug-likeness (QED) is 0.441. The van der Waals surface area contributed by atoms with Crippen LogP contribution in [0.3, 0.4) is 0 Å². The molecule has 5 rings (SSSR count). The minimum absolute atomic E-state index is 0.0460. The van der Waals surface area contributed by atoms with Gasteiger partial charge in [-0.15, -0.1) is 0 Å². The van der Waals surface area contributed by atoms with Gasteiger partial charge in [-0.25, -0.2) is 4.98 Å². The lowest BCUT2D eigenvalue weighted by Crippen LogP contribution is -2.37. The Balaban J connectivity index is 1.57. The zero-order valence-corrected chi connectivity index (χ0v) is 20.2. The van der Waals surface area contributed by atoms with Gasteiger partial charge in [0.25, 0.3) is 0 Å². The fourth-order valence-electron chi connectivity index (χ4n) is 4.98. The van der Waals surface area contributed by atoms with Crippen LogP contribution in [0, 0.1) is 11.3 Å². The van der Waals surface area contributed by atoms with E-state index >= 15 is 0 Å². The number of rotatable bonds is 7. The number of hydrogen-bond donors (Lipinski definition) is 3. The van der Waals surface area contributed by atoms with Crippen molar-refractivity contribution in [2.45, 2.75) is 31.9 Å². The van der Waals surface area contributed by atoms with Crippen molar-refractivity contribution in [1.29, 1.82) is 5.41 Å². The largest absolute Gasteiger partial charge is 0.509 e. The van der Waals surface area contributed by atoms with Crippen molar-refractivity contribution in [1.82, 2.24) is 14.9 Å². The number of ether oxygens (including phenoxy) is 2. The number of aliphatic hydroxyl groups is 1. The van der Waals surface area contributed by atoms with Gasteiger partial charge >= 0.3 is 0 Å². The maximum absolute atomic E-state index is 11.5. The molecule has 3 N–H and O–H groups in total. The van der Waals surface area contributed by atoms with E-state index in [0.29, 0.717) is 17.8 Å². The van der Waals surface area contributed by atoms with Crippen LogP contribution >= 0.6 is 0 Å². The number of methoxy groups -OCH3 is 2. The smallest absolute Gasteiger partial charge is 0.145 e. The fraction of sp³-hybridized carbons (Fsp3) is 0.286. The summed E-state index contributed by atoms with van der Waals surface area (Å²) in [7, 11) is 3.32. The van der Waals surface area contributed by atoms with Gasteiger partial charge in [0.1, 0.15) is 23.2 Å². The van der Waals surface area contributed by atoms with Crippen molar-refractivity contribution in [3.63, 3.8) is 0 Å². The number of fused-ring (bicyclic) bond motifs is 1. The molecule has 0 spiro atoms. The highest BCUT2D eigenvalue weighted by Crippen LogP contribution is 2.39. The number of imidazole rings is 1. The van der Waals surface area contributed by atoms with Crippen LogP contribution in [0.5, 0.6) is 0 Å². The van der Waals surface area contributed by atoms with Gasteiger partial charge in [0.05, 0.1) is 35.9 Å². The van der Waals surface area contributed by atoms with Gasteiger partial charge in [-0.1, -0.05) is 49.4 Å². The number of aromatic amines is 1. The van der Waals surface area contributed by atoms with Crippen LogP contribution < -0.4 is 0 Å². The Kier molecular flexibility index (Phi) is 6.17. The minimum atomic E-state index is -0.419. The molecule has 180 valence electrons. The highest BCUT2D eigenvalue weighted by molar-refractivity contribution is 6.24. The van der Waals surface area contributed by atoms with E-state index in [9.17, 15) is 5.11 Å². The lowest BCUT2D eigenvalue weighted by atomic mass is 9.94. The van der Waals surface area contributed by atoms with E-state index in [1.54, 1.807) is 14.2 Å². The Morgan fingerprint density at radius 3 is 2.54 bits per heavy atom. The molecule has 2 heterocycles. The molecular formula is C28H30N4O3. The summed E-state index contributed by atoms with van der Waals surface area (Å²) >= 11 is 0. The number of nitrogens with one attached hydrogen (secondary N) is 2. The van der Waals surface area contributed by atoms with E-state index in [-0.39, 0.29) is 23.6 Å². The molecular weight excluding hydrogens is 440 g/mol. The molecule has 1 aromatic heterocycles. The molecule has 0 radical (unpaired) electrons. The van der Waals surface area contributed by atoms with Crippen LogP contribution in [0.25, 0.3) is 16.6 Å². The fourth-order valence-corrected chi connectivity index (χ4v) is 4.98. The molecule has 3 aromatic rings. The van der Waals surface area contributed by atoms with Gasteiger partial charge in [-0.05, 0) is 42.7 Å². The van der Waals surface area contributed by atoms with Crippen LogP contribution in [-0.2, 0) is 15.9 Å². The molecule has 7 heteroatoms. The van der Waals surface area contributed by atoms with E-state index < -0.39 is 6.04 Å². The van der Waals surface area contributed by atoms with Crippen LogP contribution in [-0.4, -0.2) is 52.2 Å². The summed E-state index contributed by atoms with van der Waals surface area (Å²) in [5.41, 5.74) is 4.02. The number of H-pyrrole nitrogens is 1. The Labute approximate surface area is 204 Å². The first-order valence-corrected chi connectivity index (χ1v) is 11.8. The Bertz CT molecular complexity index is 1310. The SMILES string of the molecule is COC1=CC(N2C(=N)C(c3nc4ccccc4[nH]3)=C(O)C2CCc2ccccc2)=CC(OC)C1C. The number of aryl methyl sites for hydroxylation is 1. The van der Waals surface area contributed by atoms with Crippen molar-refractivity contribution < 1.29 is 14.6 Å². The standard InChI is InChI=1S/C28H30N4O3/c1-17-23(34-2)15-19(16-24(17)35-3)32-22(14-13-18-9-5-4-6-10-18)26(33)25(27(32)29)28-30-20-11-7-8-12-21(20)31-28/h4-12,15-17,22-23,29,33H,13-14H2,1-3H3,(H,30,31). The first-order chi connectivity index (χ1) is 17.0. The number of benzene rings is 2. The maximum atomic E-state index is 11.5. The van der Waals surface area contributed by atoms with Gasteiger partial charge < -0.3 is 24.5 Å². The molecule has 1 aliphatic heterocycles. The third kappa shape index (κ3) is 4.12. The Morgan fingerprint density at radius 2 is 1.83 bits per heavy atom. The Morgan fingerprint density at radius 1 is 1.09 bits per heavy atom. The molecule has 2 aromatic carbocycles. The third-order valence-electron chi connectivity index (χ3n) is 6.89. The highest BCUT2D eigenvalue weighted by Gasteiger charge is 2.41. The van der Waals surface area contributed by atoms with Gasteiger partial charge in [0.15, 0.2) is 0 Å². The molecule has 2 aliphatic rings. The molecule has 3 unspecified atom stereocenters. The summed E-state index contributed by atoms with van der Waals surface area (Å²) in [5.74, 6) is 1.66. The summed E-state index contributed by atoms with van der Waals surface area (Å²) in [6, 6.07) is 17.5. The second-order valence-electron chi connectivity index (χ2n) is 8.95. The van der Waals surface area contributed by atoms with Crippen LogP contribution in [0.2, 0.25) is 0 Å². The van der Waals surface area contributed by atoms with Gasteiger partial charge in [-0.2, -0.15) is 0 Å². The predicted molar refractivity (Wildman–Crippen MR) is 137 cm³/mol. The van der Waals surface area contributed by atoms with Crippen LogP contribution in [0.4, 0.5) is 0 Å². The topological polar surface area (TPSA) is 94.5 Å². The van der Waals surface area contributed by atoms with Crippen molar-refractivity contribution in [2.75, 3.05) is 14.2 Å². The summed E-state index contributed by atoms with van der Waals surface area (Å²) < 4.78 is 11.4. The molecule has 0 bridgehead atoms. The number of aliphatic hydroxyl groups excluding tert-OH is 1. The van der Waals surface area contributed by atoms with Crippen molar-refractivity contribution >= 4 is 22.4 Å². The zero-order valence-electron chi connectivity index (χ0n) is 20.2. The summed E-state index contributed by atoms with van der Waals surface area (Å²) in [4.78, 5) is 9.83. The predicted octanol–water partition coefficient (Wildman–Crippen LogP) is 5.21. The van der Waals surface area contributed by atoms with Gasteiger partial charge in [0, 0.05) is 18.7 Å².